The van der Waals surface area contributed by atoms with Crippen molar-refractivity contribution in [3.8, 4) is 0 Å². The van der Waals surface area contributed by atoms with Crippen LogP contribution in [0.3, 0.4) is 0 Å². The van der Waals surface area contributed by atoms with Crippen molar-refractivity contribution in [2.24, 2.45) is 0 Å². The zero-order valence-corrected chi connectivity index (χ0v) is 8.43. The lowest BCUT2D eigenvalue weighted by atomic mass is 10.1. The zero-order chi connectivity index (χ0) is 9.26. The molecule has 1 aromatic heterocycles. The van der Waals surface area contributed by atoms with Gasteiger partial charge >= 0.3 is 0 Å². The monoisotopic (exact) mass is 190 g/mol. The van der Waals surface area contributed by atoms with E-state index in [2.05, 4.69) is 29.0 Å². The van der Waals surface area contributed by atoms with Gasteiger partial charge in [-0.1, -0.05) is 18.2 Å². The van der Waals surface area contributed by atoms with Gasteiger partial charge in [-0.2, -0.15) is 0 Å². The summed E-state index contributed by atoms with van der Waals surface area (Å²) in [6, 6.07) is 6.17. The lowest BCUT2D eigenvalue weighted by Crippen LogP contribution is -1.88. The molecule has 2 nitrogen and oxygen atoms in total. The van der Waals surface area contributed by atoms with E-state index in [4.69, 9.17) is 0 Å². The first-order chi connectivity index (χ1) is 6.33. The van der Waals surface area contributed by atoms with Crippen LogP contribution in [0.1, 0.15) is 5.56 Å². The summed E-state index contributed by atoms with van der Waals surface area (Å²) in [4.78, 5) is 8.48. The first-order valence-corrected chi connectivity index (χ1v) is 5.29. The molecule has 0 aliphatic carbocycles. The molecule has 0 amide bonds. The topological polar surface area (TPSA) is 25.8 Å². The van der Waals surface area contributed by atoms with Crippen molar-refractivity contribution in [2.45, 2.75) is 11.9 Å². The number of hydrogen-bond donors (Lipinski definition) is 0. The van der Waals surface area contributed by atoms with Gasteiger partial charge in [-0.15, -0.1) is 11.8 Å². The average molecular weight is 190 g/mol. The summed E-state index contributed by atoms with van der Waals surface area (Å²) < 4.78 is 0. The molecule has 0 atom stereocenters. The van der Waals surface area contributed by atoms with Crippen molar-refractivity contribution in [2.75, 3.05) is 6.26 Å². The number of benzene rings is 1. The highest BCUT2D eigenvalue weighted by Gasteiger charge is 2.02. The number of aryl methyl sites for hydroxylation is 1. The molecule has 0 aliphatic heterocycles. The van der Waals surface area contributed by atoms with Crippen LogP contribution >= 0.6 is 11.8 Å². The summed E-state index contributed by atoms with van der Waals surface area (Å²) in [7, 11) is 0. The molecular formula is C10H10N2S. The van der Waals surface area contributed by atoms with Crippen LogP contribution in [-0.2, 0) is 0 Å². The van der Waals surface area contributed by atoms with Crippen molar-refractivity contribution in [1.29, 1.82) is 0 Å². The molecule has 0 saturated carbocycles. The maximum Gasteiger partial charge on any atom is 0.117 e. The first kappa shape index (κ1) is 8.51. The summed E-state index contributed by atoms with van der Waals surface area (Å²) in [5, 5.41) is 2.20. The van der Waals surface area contributed by atoms with Crippen LogP contribution in [0.25, 0.3) is 10.9 Å². The highest BCUT2D eigenvalue weighted by molar-refractivity contribution is 7.98. The van der Waals surface area contributed by atoms with E-state index in [9.17, 15) is 0 Å². The third-order valence-electron chi connectivity index (χ3n) is 2.02. The third kappa shape index (κ3) is 1.40. The van der Waals surface area contributed by atoms with Crippen molar-refractivity contribution in [1.82, 2.24) is 9.97 Å². The molecule has 13 heavy (non-hydrogen) atoms. The Morgan fingerprint density at radius 2 is 2.08 bits per heavy atom. The van der Waals surface area contributed by atoms with E-state index in [1.807, 2.05) is 12.3 Å². The standard InChI is InChI=1S/C10H10N2S/c1-7-4-3-5-8-9(7)11-6-12-10(8)13-2/h3-6H,1-2H3. The number of aromatic nitrogens is 2. The Kier molecular flexibility index (Phi) is 2.19. The fourth-order valence-electron chi connectivity index (χ4n) is 1.37. The lowest BCUT2D eigenvalue weighted by molar-refractivity contribution is 1.10. The number of para-hydroxylation sites is 1. The SMILES string of the molecule is CSc1ncnc2c(C)cccc12. The summed E-state index contributed by atoms with van der Waals surface area (Å²) >= 11 is 1.66. The van der Waals surface area contributed by atoms with Crippen LogP contribution in [0.5, 0.6) is 0 Å². The normalized spacial score (nSPS) is 10.6. The number of nitrogens with zero attached hydrogens (tertiary/aromatic N) is 2. The molecule has 0 saturated heterocycles. The molecule has 0 aliphatic rings. The van der Waals surface area contributed by atoms with Gasteiger partial charge in [-0.25, -0.2) is 9.97 Å². The fourth-order valence-corrected chi connectivity index (χ4v) is 1.91. The van der Waals surface area contributed by atoms with Gasteiger partial charge < -0.3 is 0 Å². The smallest absolute Gasteiger partial charge is 0.117 e. The molecule has 0 unspecified atom stereocenters. The molecule has 2 rings (SSSR count). The minimum absolute atomic E-state index is 1.05. The second-order valence-corrected chi connectivity index (χ2v) is 3.65. The predicted molar refractivity (Wildman–Crippen MR) is 56.1 cm³/mol. The number of rotatable bonds is 1. The van der Waals surface area contributed by atoms with Crippen LogP contribution in [0, 0.1) is 6.92 Å². The molecule has 3 heteroatoms. The van der Waals surface area contributed by atoms with E-state index in [-0.39, 0.29) is 0 Å². The zero-order valence-electron chi connectivity index (χ0n) is 7.61. The van der Waals surface area contributed by atoms with Crippen LogP contribution < -0.4 is 0 Å². The number of thioether (sulfide) groups is 1. The van der Waals surface area contributed by atoms with E-state index < -0.39 is 0 Å². The quantitative estimate of drug-likeness (QED) is 0.510. The summed E-state index contributed by atoms with van der Waals surface area (Å²) in [5.41, 5.74) is 2.26. The lowest BCUT2D eigenvalue weighted by Gasteiger charge is -2.03. The average Bonchev–Trinajstić information content (AvgIpc) is 2.18. The van der Waals surface area contributed by atoms with Crippen molar-refractivity contribution < 1.29 is 0 Å². The van der Waals surface area contributed by atoms with Gasteiger partial charge in [0.1, 0.15) is 11.4 Å². The van der Waals surface area contributed by atoms with Crippen LogP contribution in [0.4, 0.5) is 0 Å². The maximum absolute atomic E-state index is 4.26. The summed E-state index contributed by atoms with van der Waals surface area (Å²) in [6.07, 6.45) is 3.66. The van der Waals surface area contributed by atoms with Gasteiger partial charge in [0.2, 0.25) is 0 Å². The van der Waals surface area contributed by atoms with Crippen LogP contribution in [0.2, 0.25) is 0 Å². The highest BCUT2D eigenvalue weighted by atomic mass is 32.2. The van der Waals surface area contributed by atoms with E-state index in [1.165, 1.54) is 5.56 Å². The largest absolute Gasteiger partial charge is 0.236 e. The second kappa shape index (κ2) is 3.34. The fraction of sp³-hybridized carbons (Fsp3) is 0.200. The van der Waals surface area contributed by atoms with Crippen molar-refractivity contribution in [3.05, 3.63) is 30.1 Å². The molecule has 1 aromatic carbocycles. The van der Waals surface area contributed by atoms with Gasteiger partial charge in [0.25, 0.3) is 0 Å². The Balaban J connectivity index is 2.84. The molecule has 0 N–H and O–H groups in total. The third-order valence-corrected chi connectivity index (χ3v) is 2.74. The molecular weight excluding hydrogens is 180 g/mol. The van der Waals surface area contributed by atoms with Crippen molar-refractivity contribution in [3.63, 3.8) is 0 Å². The number of hydrogen-bond acceptors (Lipinski definition) is 3. The van der Waals surface area contributed by atoms with Gasteiger partial charge in [0.05, 0.1) is 5.52 Å². The minimum Gasteiger partial charge on any atom is -0.236 e. The Morgan fingerprint density at radius 3 is 2.85 bits per heavy atom. The Hall–Kier alpha value is -1.09. The van der Waals surface area contributed by atoms with E-state index in [0.717, 1.165) is 15.9 Å². The number of fused-ring (bicyclic) bond motifs is 1. The van der Waals surface area contributed by atoms with Crippen molar-refractivity contribution >= 4 is 22.7 Å². The van der Waals surface area contributed by atoms with E-state index >= 15 is 0 Å². The van der Waals surface area contributed by atoms with Gasteiger partial charge in [-0.05, 0) is 18.7 Å². The van der Waals surface area contributed by atoms with E-state index in [1.54, 1.807) is 18.1 Å². The molecule has 0 radical (unpaired) electrons. The Bertz CT molecular complexity index is 440. The molecule has 2 aromatic rings. The first-order valence-electron chi connectivity index (χ1n) is 4.07. The molecule has 0 bridgehead atoms. The van der Waals surface area contributed by atoms with Gasteiger partial charge in [-0.3, -0.25) is 0 Å². The second-order valence-electron chi connectivity index (χ2n) is 2.85. The van der Waals surface area contributed by atoms with Crippen LogP contribution in [0.15, 0.2) is 29.6 Å². The molecule has 0 spiro atoms. The highest BCUT2D eigenvalue weighted by Crippen LogP contribution is 2.23. The molecule has 1 heterocycles. The minimum atomic E-state index is 1.05. The summed E-state index contributed by atoms with van der Waals surface area (Å²) in [6.45, 7) is 2.07. The summed E-state index contributed by atoms with van der Waals surface area (Å²) in [5.74, 6) is 0. The Labute approximate surface area is 81.4 Å². The maximum atomic E-state index is 4.26. The molecule has 66 valence electrons. The van der Waals surface area contributed by atoms with Crippen LogP contribution in [-0.4, -0.2) is 16.2 Å². The van der Waals surface area contributed by atoms with Gasteiger partial charge in [0, 0.05) is 5.39 Å². The van der Waals surface area contributed by atoms with Gasteiger partial charge in [0.15, 0.2) is 0 Å². The molecule has 0 fully saturated rings. The predicted octanol–water partition coefficient (Wildman–Crippen LogP) is 2.66. The van der Waals surface area contributed by atoms with E-state index in [0.29, 0.717) is 0 Å². The Morgan fingerprint density at radius 1 is 1.23 bits per heavy atom.